The standard InChI is InChI=1S/C9H16O4/c1-6(2)7(3)13-9(12)5-4-8(10)11/h6-7H,4-5H2,1-3H3,(H,10,11). The first-order valence-corrected chi connectivity index (χ1v) is 4.34. The van der Waals surface area contributed by atoms with E-state index in [1.54, 1.807) is 6.92 Å². The van der Waals surface area contributed by atoms with Crippen LogP contribution in [0.15, 0.2) is 0 Å². The molecule has 0 heterocycles. The number of hydrogen-bond donors (Lipinski definition) is 1. The Bertz CT molecular complexity index is 186. The van der Waals surface area contributed by atoms with Crippen LogP contribution in [-0.4, -0.2) is 23.1 Å². The van der Waals surface area contributed by atoms with Crippen molar-refractivity contribution in [1.29, 1.82) is 0 Å². The highest BCUT2D eigenvalue weighted by molar-refractivity contribution is 5.76. The molecule has 0 aliphatic heterocycles. The molecule has 1 atom stereocenters. The zero-order valence-electron chi connectivity index (χ0n) is 8.24. The molecule has 13 heavy (non-hydrogen) atoms. The van der Waals surface area contributed by atoms with Crippen molar-refractivity contribution >= 4 is 11.9 Å². The Hall–Kier alpha value is -1.06. The van der Waals surface area contributed by atoms with Crippen molar-refractivity contribution in [3.05, 3.63) is 0 Å². The van der Waals surface area contributed by atoms with Crippen molar-refractivity contribution in [2.24, 2.45) is 5.92 Å². The SMILES string of the molecule is CC(C)C(C)OC(=O)CCC(=O)O. The van der Waals surface area contributed by atoms with Crippen LogP contribution in [0.2, 0.25) is 0 Å². The molecule has 4 nitrogen and oxygen atoms in total. The fourth-order valence-electron chi connectivity index (χ4n) is 0.611. The second-order valence-corrected chi connectivity index (χ2v) is 3.33. The van der Waals surface area contributed by atoms with Gasteiger partial charge in [-0.1, -0.05) is 13.8 Å². The van der Waals surface area contributed by atoms with Gasteiger partial charge in [-0.15, -0.1) is 0 Å². The van der Waals surface area contributed by atoms with Crippen LogP contribution in [0.25, 0.3) is 0 Å². The van der Waals surface area contributed by atoms with Crippen molar-refractivity contribution in [3.63, 3.8) is 0 Å². The molecule has 0 aliphatic carbocycles. The van der Waals surface area contributed by atoms with E-state index in [1.807, 2.05) is 13.8 Å². The van der Waals surface area contributed by atoms with Crippen LogP contribution in [-0.2, 0) is 14.3 Å². The Morgan fingerprint density at radius 1 is 1.23 bits per heavy atom. The van der Waals surface area contributed by atoms with Gasteiger partial charge >= 0.3 is 11.9 Å². The van der Waals surface area contributed by atoms with Crippen molar-refractivity contribution < 1.29 is 19.4 Å². The maximum atomic E-state index is 11.0. The topological polar surface area (TPSA) is 63.6 Å². The largest absolute Gasteiger partial charge is 0.481 e. The van der Waals surface area contributed by atoms with Gasteiger partial charge in [0.25, 0.3) is 0 Å². The van der Waals surface area contributed by atoms with Crippen molar-refractivity contribution in [3.8, 4) is 0 Å². The van der Waals surface area contributed by atoms with Gasteiger partial charge in [-0.3, -0.25) is 9.59 Å². The zero-order valence-corrected chi connectivity index (χ0v) is 8.24. The van der Waals surface area contributed by atoms with Crippen LogP contribution in [0.1, 0.15) is 33.6 Å². The third-order valence-electron chi connectivity index (χ3n) is 1.80. The molecule has 0 bridgehead atoms. The number of carboxylic acids is 1. The summed E-state index contributed by atoms with van der Waals surface area (Å²) in [4.78, 5) is 21.1. The lowest BCUT2D eigenvalue weighted by atomic mass is 10.1. The van der Waals surface area contributed by atoms with Gasteiger partial charge in [-0.25, -0.2) is 0 Å². The van der Waals surface area contributed by atoms with Crippen molar-refractivity contribution in [2.45, 2.75) is 39.7 Å². The van der Waals surface area contributed by atoms with E-state index >= 15 is 0 Å². The van der Waals surface area contributed by atoms with E-state index < -0.39 is 11.9 Å². The maximum absolute atomic E-state index is 11.0. The van der Waals surface area contributed by atoms with Gasteiger partial charge in [0.15, 0.2) is 0 Å². The van der Waals surface area contributed by atoms with Crippen LogP contribution < -0.4 is 0 Å². The van der Waals surface area contributed by atoms with Gasteiger partial charge in [-0.2, -0.15) is 0 Å². The van der Waals surface area contributed by atoms with Gasteiger partial charge in [0, 0.05) is 0 Å². The Kier molecular flexibility index (Phi) is 5.11. The van der Waals surface area contributed by atoms with E-state index in [0.29, 0.717) is 0 Å². The second kappa shape index (κ2) is 5.56. The molecule has 0 aromatic carbocycles. The highest BCUT2D eigenvalue weighted by atomic mass is 16.5. The fourth-order valence-corrected chi connectivity index (χ4v) is 0.611. The molecule has 0 saturated heterocycles. The molecule has 0 radical (unpaired) electrons. The van der Waals surface area contributed by atoms with E-state index in [4.69, 9.17) is 9.84 Å². The van der Waals surface area contributed by atoms with Gasteiger partial charge in [0.2, 0.25) is 0 Å². The van der Waals surface area contributed by atoms with Crippen LogP contribution in [0, 0.1) is 5.92 Å². The quantitative estimate of drug-likeness (QED) is 0.663. The van der Waals surface area contributed by atoms with Crippen molar-refractivity contribution in [1.82, 2.24) is 0 Å². The summed E-state index contributed by atoms with van der Waals surface area (Å²) in [5, 5.41) is 8.30. The number of carboxylic acid groups (broad SMARTS) is 1. The number of hydrogen-bond acceptors (Lipinski definition) is 3. The molecule has 1 N–H and O–H groups in total. The average molecular weight is 188 g/mol. The first-order valence-electron chi connectivity index (χ1n) is 4.34. The Morgan fingerprint density at radius 2 is 1.77 bits per heavy atom. The summed E-state index contributed by atoms with van der Waals surface area (Å²) in [5.74, 6) is -1.16. The van der Waals surface area contributed by atoms with E-state index in [1.165, 1.54) is 0 Å². The highest BCUT2D eigenvalue weighted by Gasteiger charge is 2.13. The van der Waals surface area contributed by atoms with Crippen molar-refractivity contribution in [2.75, 3.05) is 0 Å². The lowest BCUT2D eigenvalue weighted by Crippen LogP contribution is -2.20. The number of carbonyl (C=O) groups excluding carboxylic acids is 1. The molecular formula is C9H16O4. The van der Waals surface area contributed by atoms with Crippen LogP contribution >= 0.6 is 0 Å². The van der Waals surface area contributed by atoms with Crippen LogP contribution in [0.5, 0.6) is 0 Å². The summed E-state index contributed by atoms with van der Waals surface area (Å²) in [5.41, 5.74) is 0. The van der Waals surface area contributed by atoms with Gasteiger partial charge in [0.05, 0.1) is 12.8 Å². The second-order valence-electron chi connectivity index (χ2n) is 3.33. The molecule has 4 heteroatoms. The molecule has 0 aliphatic rings. The third kappa shape index (κ3) is 6.13. The number of rotatable bonds is 5. The van der Waals surface area contributed by atoms with Gasteiger partial charge in [0.1, 0.15) is 6.10 Å². The molecule has 0 amide bonds. The summed E-state index contributed by atoms with van der Waals surface area (Å²) in [7, 11) is 0. The predicted molar refractivity (Wildman–Crippen MR) is 47.3 cm³/mol. The summed E-state index contributed by atoms with van der Waals surface area (Å²) >= 11 is 0. The number of aliphatic carboxylic acids is 1. The molecule has 0 aromatic heterocycles. The Morgan fingerprint density at radius 3 is 2.15 bits per heavy atom. The molecule has 0 spiro atoms. The predicted octanol–water partition coefficient (Wildman–Crippen LogP) is 1.44. The number of ether oxygens (including phenoxy) is 1. The summed E-state index contributed by atoms with van der Waals surface area (Å²) in [6.07, 6.45) is -0.364. The monoisotopic (exact) mass is 188 g/mol. The molecule has 1 unspecified atom stereocenters. The minimum atomic E-state index is -0.978. The molecule has 0 saturated carbocycles. The van der Waals surface area contributed by atoms with E-state index in [9.17, 15) is 9.59 Å². The minimum absolute atomic E-state index is 0.0492. The van der Waals surface area contributed by atoms with E-state index in [2.05, 4.69) is 0 Å². The Labute approximate surface area is 77.9 Å². The van der Waals surface area contributed by atoms with Gasteiger partial charge in [-0.05, 0) is 12.8 Å². The Balaban J connectivity index is 3.68. The maximum Gasteiger partial charge on any atom is 0.306 e. The summed E-state index contributed by atoms with van der Waals surface area (Å²) < 4.78 is 4.96. The van der Waals surface area contributed by atoms with E-state index in [-0.39, 0.29) is 24.9 Å². The molecule has 0 fully saturated rings. The van der Waals surface area contributed by atoms with Crippen LogP contribution in [0.4, 0.5) is 0 Å². The molecule has 76 valence electrons. The zero-order chi connectivity index (χ0) is 10.4. The van der Waals surface area contributed by atoms with Gasteiger partial charge < -0.3 is 9.84 Å². The normalized spacial score (nSPS) is 12.6. The molecule has 0 rings (SSSR count). The molecule has 0 aromatic rings. The highest BCUT2D eigenvalue weighted by Crippen LogP contribution is 2.07. The number of esters is 1. The first-order chi connectivity index (χ1) is 5.93. The summed E-state index contributed by atoms with van der Waals surface area (Å²) in [6, 6.07) is 0. The molecular weight excluding hydrogens is 172 g/mol. The lowest BCUT2D eigenvalue weighted by molar-refractivity contribution is -0.153. The fraction of sp³-hybridized carbons (Fsp3) is 0.778. The average Bonchev–Trinajstić information content (AvgIpc) is 2.00. The minimum Gasteiger partial charge on any atom is -0.481 e. The smallest absolute Gasteiger partial charge is 0.306 e. The van der Waals surface area contributed by atoms with Crippen LogP contribution in [0.3, 0.4) is 0 Å². The summed E-state index contributed by atoms with van der Waals surface area (Å²) in [6.45, 7) is 5.67. The van der Waals surface area contributed by atoms with E-state index in [0.717, 1.165) is 0 Å². The first kappa shape index (κ1) is 11.9. The number of carbonyl (C=O) groups is 2. The lowest BCUT2D eigenvalue weighted by Gasteiger charge is -2.15. The third-order valence-corrected chi connectivity index (χ3v) is 1.80.